The molecular weight excluding hydrogens is 993 g/mol. The Morgan fingerprint density at radius 1 is 0.882 bits per heavy atom. The second kappa shape index (κ2) is 22.1. The predicted molar refractivity (Wildman–Crippen MR) is 267 cm³/mol. The van der Waals surface area contributed by atoms with Gasteiger partial charge in [-0.3, -0.25) is 24.5 Å². The summed E-state index contributed by atoms with van der Waals surface area (Å²) in [4.78, 5) is 79.5. The summed E-state index contributed by atoms with van der Waals surface area (Å²) in [5, 5.41) is 50.6. The largest absolute Gasteiger partial charge is 0.511 e. The maximum atomic E-state index is 15.4. The third-order valence-corrected chi connectivity index (χ3v) is 17.9. The first kappa shape index (κ1) is 57.3. The fourth-order valence-corrected chi connectivity index (χ4v) is 14.0. The minimum atomic E-state index is -2.17. The van der Waals surface area contributed by atoms with Gasteiger partial charge < -0.3 is 63.3 Å². The van der Waals surface area contributed by atoms with Gasteiger partial charge in [0.25, 0.3) is 0 Å². The highest BCUT2D eigenvalue weighted by atomic mass is 16.7. The van der Waals surface area contributed by atoms with E-state index in [0.29, 0.717) is 31.1 Å². The lowest BCUT2D eigenvalue weighted by Gasteiger charge is -2.56. The van der Waals surface area contributed by atoms with Crippen LogP contribution in [0.1, 0.15) is 114 Å². The number of aliphatic hydroxyl groups is 3. The summed E-state index contributed by atoms with van der Waals surface area (Å²) in [6.45, 7) is 17.4. The molecule has 0 radical (unpaired) electrons. The number of aldehydes is 1. The van der Waals surface area contributed by atoms with E-state index in [4.69, 9.17) is 42.6 Å². The van der Waals surface area contributed by atoms with E-state index in [1.54, 1.807) is 33.8 Å². The van der Waals surface area contributed by atoms with Crippen molar-refractivity contribution in [2.45, 2.75) is 205 Å². The SMILES string of the molecule is COC(=O)NC1C(C)OC(OC2C/C=C(/C)C3C=CC4C(OC5CC(OC6CCC(O)C(C)O6)C(OC(C)=O)C(C)O5)C(C)CC(C)C4C3(C)/C(O)=C3\C(=O)OC4(CC(C=O)=CC(O)C4/C=C/2C)C3=O)CC1(C)[N+](=O)[O-]. The number of methoxy groups -OCH3 is 1. The number of carbonyl (C=O) groups excluding carboxylic acids is 5. The molecule has 8 aliphatic rings. The molecule has 22 unspecified atom stereocenters. The summed E-state index contributed by atoms with van der Waals surface area (Å²) < 4.78 is 55.6. The zero-order valence-electron chi connectivity index (χ0n) is 45.2. The number of amides is 1. The minimum Gasteiger partial charge on any atom is -0.511 e. The summed E-state index contributed by atoms with van der Waals surface area (Å²) >= 11 is 0. The summed E-state index contributed by atoms with van der Waals surface area (Å²) in [5.41, 5.74) is -4.78. The molecule has 21 nitrogen and oxygen atoms in total. The Hall–Kier alpha value is -4.87. The van der Waals surface area contributed by atoms with Gasteiger partial charge in [0.15, 0.2) is 30.6 Å². The molecule has 0 aromatic rings. The van der Waals surface area contributed by atoms with E-state index in [1.165, 1.54) is 19.9 Å². The van der Waals surface area contributed by atoms with Crippen LogP contribution in [-0.4, -0.2) is 148 Å². The van der Waals surface area contributed by atoms with Crippen molar-refractivity contribution in [3.8, 4) is 0 Å². The van der Waals surface area contributed by atoms with Crippen molar-refractivity contribution < 1.29 is 86.8 Å². The van der Waals surface area contributed by atoms with E-state index < -0.39 is 167 Å². The second-order valence-electron chi connectivity index (χ2n) is 23.0. The van der Waals surface area contributed by atoms with Crippen molar-refractivity contribution in [3.05, 3.63) is 68.5 Å². The number of Topliss-reactive ketones (excluding diaryl/α,β-unsaturated/α-hetero) is 1. The molecule has 1 spiro atoms. The molecule has 0 aromatic heterocycles. The normalized spacial score (nSPS) is 47.0. The predicted octanol–water partition coefficient (Wildman–Crippen LogP) is 5.57. The average Bonchev–Trinajstić information content (AvgIpc) is 3.75. The Morgan fingerprint density at radius 3 is 2.24 bits per heavy atom. The Morgan fingerprint density at radius 2 is 1.58 bits per heavy atom. The van der Waals surface area contributed by atoms with Gasteiger partial charge in [-0.1, -0.05) is 50.6 Å². The van der Waals surface area contributed by atoms with Crippen molar-refractivity contribution in [2.75, 3.05) is 7.11 Å². The fraction of sp³-hybridized carbons (Fsp3) is 0.727. The second-order valence-corrected chi connectivity index (χ2v) is 23.0. The van der Waals surface area contributed by atoms with Gasteiger partial charge >= 0.3 is 18.0 Å². The number of ether oxygens (including phenoxy) is 9. The lowest BCUT2D eigenvalue weighted by molar-refractivity contribution is -0.584. The topological polar surface area (TPSA) is 284 Å². The molecule has 76 heavy (non-hydrogen) atoms. The Kier molecular flexibility index (Phi) is 16.7. The molecular formula is C55H76N2O19. The maximum Gasteiger partial charge on any atom is 0.407 e. The average molecular weight is 1070 g/mol. The first-order valence-electron chi connectivity index (χ1n) is 26.6. The van der Waals surface area contributed by atoms with E-state index in [2.05, 4.69) is 25.2 Å². The highest BCUT2D eigenvalue weighted by molar-refractivity contribution is 6.26. The zero-order valence-corrected chi connectivity index (χ0v) is 45.2. The monoisotopic (exact) mass is 1070 g/mol. The molecule has 4 N–H and O–H groups in total. The lowest BCUT2D eigenvalue weighted by Crippen LogP contribution is -2.65. The molecule has 21 heteroatoms. The molecule has 2 bridgehead atoms. The number of aliphatic hydroxyl groups excluding tert-OH is 3. The highest BCUT2D eigenvalue weighted by Gasteiger charge is 2.65. The first-order valence-corrected chi connectivity index (χ1v) is 26.6. The number of nitrogens with zero attached hydrogens (tertiary/aromatic N) is 1. The number of nitrogens with one attached hydrogen (secondary N) is 1. The number of carbonyl (C=O) groups is 5. The van der Waals surface area contributed by atoms with E-state index in [9.17, 15) is 44.6 Å². The van der Waals surface area contributed by atoms with Crippen LogP contribution in [0, 0.1) is 51.0 Å². The molecule has 8 rings (SSSR count). The molecule has 22 atom stereocenters. The number of nitro groups is 1. The van der Waals surface area contributed by atoms with Crippen LogP contribution in [0.5, 0.6) is 0 Å². The van der Waals surface area contributed by atoms with Gasteiger partial charge in [0.05, 0.1) is 62.2 Å². The van der Waals surface area contributed by atoms with Crippen molar-refractivity contribution in [1.29, 1.82) is 0 Å². The van der Waals surface area contributed by atoms with Crippen molar-refractivity contribution in [3.63, 3.8) is 0 Å². The summed E-state index contributed by atoms with van der Waals surface area (Å²) in [7, 11) is 1.15. The Labute approximate surface area is 442 Å². The van der Waals surface area contributed by atoms with Crippen molar-refractivity contribution >= 4 is 30.1 Å². The van der Waals surface area contributed by atoms with Crippen LogP contribution in [0.25, 0.3) is 0 Å². The molecule has 4 heterocycles. The third kappa shape index (κ3) is 10.5. The highest BCUT2D eigenvalue weighted by Crippen LogP contribution is 2.61. The van der Waals surface area contributed by atoms with Gasteiger partial charge in [0, 0.05) is 55.3 Å². The van der Waals surface area contributed by atoms with E-state index >= 15 is 4.79 Å². The van der Waals surface area contributed by atoms with E-state index in [0.717, 1.165) is 12.7 Å². The van der Waals surface area contributed by atoms with Crippen molar-refractivity contribution in [2.24, 2.45) is 40.9 Å². The van der Waals surface area contributed by atoms with Crippen LogP contribution in [0.3, 0.4) is 0 Å². The molecule has 4 aliphatic carbocycles. The number of esters is 2. The van der Waals surface area contributed by atoms with Crippen LogP contribution >= 0.6 is 0 Å². The Bertz CT molecular complexity index is 2450. The van der Waals surface area contributed by atoms with Crippen LogP contribution in [0.4, 0.5) is 4.79 Å². The van der Waals surface area contributed by atoms with E-state index in [1.807, 2.05) is 26.0 Å². The summed E-state index contributed by atoms with van der Waals surface area (Å²) in [6, 6.07) is -1.11. The number of hydrogen-bond acceptors (Lipinski definition) is 19. The number of rotatable bonds is 10. The number of alkyl carbamates (subject to hydrolysis) is 1. The molecule has 1 amide bonds. The van der Waals surface area contributed by atoms with Gasteiger partial charge in [0.1, 0.15) is 29.8 Å². The Balaban J connectivity index is 1.19. The number of fused-ring (bicyclic) bond motifs is 4. The third-order valence-electron chi connectivity index (χ3n) is 17.9. The van der Waals surface area contributed by atoms with Gasteiger partial charge in [-0.15, -0.1) is 0 Å². The number of ketones is 1. The van der Waals surface area contributed by atoms with Gasteiger partial charge in [-0.2, -0.15) is 0 Å². The van der Waals surface area contributed by atoms with Gasteiger partial charge in [-0.05, 0) is 88.9 Å². The smallest absolute Gasteiger partial charge is 0.407 e. The van der Waals surface area contributed by atoms with Crippen molar-refractivity contribution in [1.82, 2.24) is 5.32 Å². The van der Waals surface area contributed by atoms with Crippen LogP contribution in [0.15, 0.2) is 58.4 Å². The minimum absolute atomic E-state index is 0.00965. The van der Waals surface area contributed by atoms with Crippen LogP contribution in [0.2, 0.25) is 0 Å². The number of allylic oxidation sites excluding steroid dienone is 3. The summed E-state index contributed by atoms with van der Waals surface area (Å²) in [5.74, 6) is -6.19. The molecule has 1 saturated carbocycles. The van der Waals surface area contributed by atoms with E-state index in [-0.39, 0.29) is 36.7 Å². The van der Waals surface area contributed by atoms with Crippen LogP contribution < -0.4 is 5.32 Å². The molecule has 0 aromatic carbocycles. The molecule has 5 fully saturated rings. The first-order chi connectivity index (χ1) is 35.8. The van der Waals surface area contributed by atoms with Gasteiger partial charge in [0.2, 0.25) is 11.3 Å². The number of hydrogen-bond donors (Lipinski definition) is 4. The molecule has 4 saturated heterocycles. The van der Waals surface area contributed by atoms with Gasteiger partial charge in [-0.25, -0.2) is 9.59 Å². The lowest BCUT2D eigenvalue weighted by atomic mass is 9.49. The quantitative estimate of drug-likeness (QED) is 0.0396. The summed E-state index contributed by atoms with van der Waals surface area (Å²) in [6.07, 6.45) is -0.569. The van der Waals surface area contributed by atoms with Crippen LogP contribution in [-0.2, 0) is 61.8 Å². The fourth-order valence-electron chi connectivity index (χ4n) is 14.0. The standard InChI is InChI=1S/C55H76N2O19/c1-25-12-16-39(73-43-23-53(9,57(66)67)48(31(7)71-43)56-52(65)68-11)26(2)19-36-38(61)20-33(24-58)22-55(36)50(63)44(51(64)76-55)49(62)54(10)35(25)14-13-34-45(54)27(3)18-28(4)46(34)75-42-21-40(47(30(6)70-42)72-32(8)59)74-41-17-15-37(60)29(5)69-41/h12-14,19-20,24,27-31,34-43,45-48,60-62H,15-18,21-23H2,1-11H3,(H,56,65)/b25-12-,26-19+,49-44+. The molecule has 420 valence electrons. The maximum absolute atomic E-state index is 15.4. The zero-order chi connectivity index (χ0) is 55.5. The molecule has 4 aliphatic heterocycles.